The van der Waals surface area contributed by atoms with Crippen molar-refractivity contribution in [2.24, 2.45) is 0 Å². The number of nitrogens with one attached hydrogen (secondary N) is 1. The van der Waals surface area contributed by atoms with Crippen LogP contribution in [0.1, 0.15) is 76.9 Å². The van der Waals surface area contributed by atoms with Crippen molar-refractivity contribution in [2.45, 2.75) is 69.2 Å². The van der Waals surface area contributed by atoms with Crippen LogP contribution in [0.25, 0.3) is 112 Å². The number of para-hydroxylation sites is 2. The molecule has 0 radical (unpaired) electrons. The van der Waals surface area contributed by atoms with Crippen LogP contribution in [0.15, 0.2) is 246 Å². The third kappa shape index (κ3) is 24.1. The molecule has 0 aliphatic heterocycles. The first-order valence-electron chi connectivity index (χ1n) is 37.7. The molecule has 10 aromatic carbocycles. The minimum Gasteiger partial charge on any atom is -0.497 e. The van der Waals surface area contributed by atoms with Crippen molar-refractivity contribution in [3.8, 4) is 109 Å². The Balaban J connectivity index is 0.000000154. The van der Waals surface area contributed by atoms with Crippen LogP contribution in [0.4, 0.5) is 0 Å². The maximum Gasteiger partial charge on any atom is 0.308 e. The van der Waals surface area contributed by atoms with Gasteiger partial charge in [0.25, 0.3) is 33.7 Å². The van der Waals surface area contributed by atoms with E-state index in [1.165, 1.54) is 116 Å². The SMILES string of the molecule is CC(=O)Oc1ccc2oc(-c3ccccc3OC(C)=O)nc(=O)c2c1.CC(=O)Oc1ccc2oc(-c3ccccc3OC(C)=O)nc(=O)c2c1.CC(=O)Oc1cccc(-c2nc(=O)c3cc(OS(C)(=O)=O)cc(C)c3o2)c1.CCNC(=O)c1ccc2oc(-c3cccc(OC(C)=O)c3)nc(=O)c2c1.COc1cc(C)c2oc(-c3cccc(OC(C)=O)c3)nc(=O)c2c1. The van der Waals surface area contributed by atoms with Gasteiger partial charge in [-0.15, -0.1) is 0 Å². The summed E-state index contributed by atoms with van der Waals surface area (Å²) in [6, 6.07) is 52.3. The van der Waals surface area contributed by atoms with Crippen LogP contribution in [0.5, 0.6) is 51.7 Å². The molecule has 36 heteroatoms. The molecule has 0 atom stereocenters. The Kier molecular flexibility index (Phi) is 28.8. The van der Waals surface area contributed by atoms with E-state index in [0.29, 0.717) is 79.3 Å². The van der Waals surface area contributed by atoms with Crippen molar-refractivity contribution in [1.29, 1.82) is 0 Å². The molecule has 5 heterocycles. The predicted molar refractivity (Wildman–Crippen MR) is 457 cm³/mol. The fourth-order valence-electron chi connectivity index (χ4n) is 11.9. The summed E-state index contributed by atoms with van der Waals surface area (Å²) >= 11 is 0. The van der Waals surface area contributed by atoms with E-state index < -0.39 is 79.7 Å². The van der Waals surface area contributed by atoms with Crippen molar-refractivity contribution in [3.05, 3.63) is 269 Å². The normalized spacial score (nSPS) is 10.7. The minimum absolute atomic E-state index is 0.00112. The maximum absolute atomic E-state index is 12.4. The number of esters is 7. The molecule has 0 fully saturated rings. The molecule has 0 aliphatic rings. The second-order valence-corrected chi connectivity index (χ2v) is 28.5. The number of fused-ring (bicyclic) bond motifs is 5. The highest BCUT2D eigenvalue weighted by Crippen LogP contribution is 2.35. The smallest absolute Gasteiger partial charge is 0.308 e. The zero-order valence-electron chi connectivity index (χ0n) is 69.2. The molecule has 0 saturated heterocycles. The zero-order chi connectivity index (χ0) is 91.7. The second-order valence-electron chi connectivity index (χ2n) is 27.0. The summed E-state index contributed by atoms with van der Waals surface area (Å²) in [4.78, 5) is 171. The van der Waals surface area contributed by atoms with Gasteiger partial charge < -0.3 is 69.5 Å². The fourth-order valence-corrected chi connectivity index (χ4v) is 12.4. The average molecular weight is 1750 g/mol. The monoisotopic (exact) mass is 1740 g/mol. The average Bonchev–Trinajstić information content (AvgIpc) is 0.948. The van der Waals surface area contributed by atoms with E-state index in [1.54, 1.807) is 146 Å². The standard InChI is InChI=1S/C19H16N2O5.C18H15NO7S.2C18H13NO6.C18H15NO5/c1-3-20-17(23)12-7-8-16-15(10-12)18(24)21-19(26-16)13-5-4-6-14(9-13)25-11(2)22;1-10-7-14(26-27(3,22)23)9-15-16(10)25-18(19-17(15)21)12-5-4-6-13(8-12)24-11(2)20;2*1-10(20)23-12-7-8-16-14(9-12)17(22)19-18(25-16)13-5-3-4-6-15(13)24-11(2)21;1-10-7-14(22-3)9-15-16(10)24-18(19-17(15)21)12-5-4-6-13(8-12)23-11(2)20/h4-10H,3H2,1-2H3,(H,20,23);4-9H,1-3H3;2*3-9H,1-2H3;4-9H,1-3H3. The Bertz CT molecular complexity index is 7170. The van der Waals surface area contributed by atoms with Crippen LogP contribution >= 0.6 is 0 Å². The summed E-state index contributed by atoms with van der Waals surface area (Å²) in [7, 11) is -2.20. The Morgan fingerprint density at radius 3 is 1.02 bits per heavy atom. The summed E-state index contributed by atoms with van der Waals surface area (Å²) in [5, 5.41) is 3.68. The number of carbonyl (C=O) groups excluding carboxylic acids is 8. The van der Waals surface area contributed by atoms with Crippen molar-refractivity contribution in [1.82, 2.24) is 30.2 Å². The van der Waals surface area contributed by atoms with Gasteiger partial charge in [-0.05, 0) is 190 Å². The van der Waals surface area contributed by atoms with Crippen LogP contribution in [-0.4, -0.2) is 101 Å². The van der Waals surface area contributed by atoms with Crippen LogP contribution in [-0.2, 0) is 43.7 Å². The molecule has 5 aromatic heterocycles. The van der Waals surface area contributed by atoms with Gasteiger partial charge in [0.2, 0.25) is 29.5 Å². The van der Waals surface area contributed by atoms with Crippen LogP contribution in [0.2, 0.25) is 0 Å². The molecule has 15 rings (SSSR count). The number of ether oxygens (including phenoxy) is 8. The fraction of sp³-hybridized carbons (Fsp3) is 0.143. The van der Waals surface area contributed by atoms with Crippen LogP contribution < -0.4 is 75.2 Å². The highest BCUT2D eigenvalue weighted by molar-refractivity contribution is 7.86. The lowest BCUT2D eigenvalue weighted by Gasteiger charge is -2.08. The number of aromatic nitrogens is 5. The van der Waals surface area contributed by atoms with Crippen molar-refractivity contribution in [2.75, 3.05) is 19.9 Å². The number of carbonyl (C=O) groups is 8. The largest absolute Gasteiger partial charge is 0.497 e. The molecule has 0 spiro atoms. The van der Waals surface area contributed by atoms with E-state index in [-0.39, 0.29) is 108 Å². The van der Waals surface area contributed by atoms with Crippen LogP contribution in [0, 0.1) is 13.8 Å². The Morgan fingerprint density at radius 1 is 0.339 bits per heavy atom. The zero-order valence-corrected chi connectivity index (χ0v) is 70.1. The molecular weight excluding hydrogens is 1670 g/mol. The topological polar surface area (TPSA) is 481 Å². The van der Waals surface area contributed by atoms with Gasteiger partial charge in [-0.3, -0.25) is 62.3 Å². The van der Waals surface area contributed by atoms with Crippen molar-refractivity contribution < 1.29 is 111 Å². The van der Waals surface area contributed by atoms with E-state index in [4.69, 9.17) is 64.2 Å². The Hall–Kier alpha value is -16.8. The summed E-state index contributed by atoms with van der Waals surface area (Å²) in [6.45, 7) is 14.7. The third-order valence-corrected chi connectivity index (χ3v) is 17.4. The molecule has 35 nitrogen and oxygen atoms in total. The summed E-state index contributed by atoms with van der Waals surface area (Å²) in [6.07, 6.45) is 0.909. The van der Waals surface area contributed by atoms with Gasteiger partial charge in [0, 0.05) is 77.3 Å². The molecule has 0 bridgehead atoms. The van der Waals surface area contributed by atoms with Crippen LogP contribution in [0.3, 0.4) is 0 Å². The molecule has 646 valence electrons. The van der Waals surface area contributed by atoms with Gasteiger partial charge in [-0.2, -0.15) is 33.3 Å². The van der Waals surface area contributed by atoms with Gasteiger partial charge in [0.05, 0.1) is 51.4 Å². The van der Waals surface area contributed by atoms with Crippen molar-refractivity contribution in [3.63, 3.8) is 0 Å². The number of hydrogen-bond acceptors (Lipinski definition) is 34. The number of aryl methyl sites for hydroxylation is 2. The number of benzene rings is 10. The first-order chi connectivity index (χ1) is 60.4. The number of hydrogen-bond donors (Lipinski definition) is 1. The summed E-state index contributed by atoms with van der Waals surface area (Å²) in [5.74, 6) is -0.803. The quantitative estimate of drug-likeness (QED) is 0.0502. The van der Waals surface area contributed by atoms with E-state index in [2.05, 4.69) is 30.2 Å². The van der Waals surface area contributed by atoms with E-state index in [1.807, 2.05) is 13.8 Å². The summed E-state index contributed by atoms with van der Waals surface area (Å²) < 4.78 is 96.4. The Labute approximate surface area is 717 Å². The van der Waals surface area contributed by atoms with Gasteiger partial charge in [0.1, 0.15) is 79.7 Å². The first kappa shape index (κ1) is 91.0. The van der Waals surface area contributed by atoms with E-state index >= 15 is 0 Å². The first-order valence-corrected chi connectivity index (χ1v) is 39.5. The molecule has 1 amide bonds. The predicted octanol–water partition coefficient (Wildman–Crippen LogP) is 13.5. The number of amides is 1. The van der Waals surface area contributed by atoms with Crippen molar-refractivity contribution >= 4 is 113 Å². The van der Waals surface area contributed by atoms with Gasteiger partial charge in [0.15, 0.2) is 0 Å². The molecular formula is C91H72N6O29S. The highest BCUT2D eigenvalue weighted by atomic mass is 32.2. The lowest BCUT2D eigenvalue weighted by molar-refractivity contribution is -0.132. The molecule has 0 aliphatic carbocycles. The van der Waals surface area contributed by atoms with E-state index in [9.17, 15) is 70.7 Å². The molecule has 0 saturated carbocycles. The molecule has 15 aromatic rings. The van der Waals surface area contributed by atoms with E-state index in [0.717, 1.165) is 11.8 Å². The highest BCUT2D eigenvalue weighted by Gasteiger charge is 2.22. The number of rotatable bonds is 17. The summed E-state index contributed by atoms with van der Waals surface area (Å²) in [5.41, 5.74) is 2.78. The molecule has 127 heavy (non-hydrogen) atoms. The minimum atomic E-state index is -3.74. The Morgan fingerprint density at radius 2 is 0.654 bits per heavy atom. The number of nitrogens with zero attached hydrogens (tertiary/aromatic N) is 5. The molecule has 1 N–H and O–H groups in total. The lowest BCUT2D eigenvalue weighted by Crippen LogP contribution is -2.22. The van der Waals surface area contributed by atoms with Gasteiger partial charge in [-0.1, -0.05) is 42.5 Å². The second kappa shape index (κ2) is 40.3. The third-order valence-electron chi connectivity index (χ3n) is 16.9. The van der Waals surface area contributed by atoms with Gasteiger partial charge in [-0.25, -0.2) is 0 Å². The number of methoxy groups -OCH3 is 1. The lowest BCUT2D eigenvalue weighted by atomic mass is 10.1. The molecule has 0 unspecified atom stereocenters. The maximum atomic E-state index is 12.4. The van der Waals surface area contributed by atoms with Gasteiger partial charge >= 0.3 is 51.9 Å².